The van der Waals surface area contributed by atoms with Crippen LogP contribution in [0, 0.1) is 5.41 Å². The number of amides is 1. The van der Waals surface area contributed by atoms with Gasteiger partial charge in [0.05, 0.1) is 10.6 Å². The van der Waals surface area contributed by atoms with Crippen LogP contribution < -0.4 is 5.73 Å². The second-order valence-corrected chi connectivity index (χ2v) is 6.59. The van der Waals surface area contributed by atoms with Gasteiger partial charge in [0.2, 0.25) is 5.91 Å². The minimum Gasteiger partial charge on any atom is -0.392 e. The topological polar surface area (TPSA) is 75.8 Å². The van der Waals surface area contributed by atoms with E-state index in [1.54, 1.807) is 11.9 Å². The highest BCUT2D eigenvalue weighted by atomic mass is 32.1. The van der Waals surface area contributed by atoms with Crippen molar-refractivity contribution in [1.82, 2.24) is 4.90 Å². The van der Waals surface area contributed by atoms with Crippen LogP contribution in [-0.2, 0) is 9.53 Å². The van der Waals surface area contributed by atoms with E-state index < -0.39 is 11.0 Å². The second-order valence-electron chi connectivity index (χ2n) is 6.15. The average molecular weight is 300 g/mol. The quantitative estimate of drug-likeness (QED) is 0.752. The van der Waals surface area contributed by atoms with Gasteiger partial charge >= 0.3 is 0 Å². The number of carbonyl (C=O) groups excluding carboxylic acids is 1. The molecule has 0 radical (unpaired) electrons. The standard InChI is InChI=1S/C14H24N2O3S/c1-16(10-13(18)4-2-3-5-13)12(17)14(11(15)20)6-8-19-9-7-14/h18H,2-10H2,1H3,(H2,15,20). The van der Waals surface area contributed by atoms with Crippen LogP contribution in [0.5, 0.6) is 0 Å². The number of nitrogens with zero attached hydrogens (tertiary/aromatic N) is 1. The van der Waals surface area contributed by atoms with E-state index in [4.69, 9.17) is 22.7 Å². The molecule has 0 unspecified atom stereocenters. The second kappa shape index (κ2) is 5.95. The van der Waals surface area contributed by atoms with Crippen molar-refractivity contribution in [1.29, 1.82) is 0 Å². The summed E-state index contributed by atoms with van der Waals surface area (Å²) in [7, 11) is 1.73. The molecular formula is C14H24N2O3S. The number of hydrogen-bond acceptors (Lipinski definition) is 4. The predicted molar refractivity (Wildman–Crippen MR) is 80.3 cm³/mol. The van der Waals surface area contributed by atoms with Crippen LogP contribution in [0.3, 0.4) is 0 Å². The van der Waals surface area contributed by atoms with Gasteiger partial charge in [-0.05, 0) is 25.7 Å². The molecule has 3 N–H and O–H groups in total. The summed E-state index contributed by atoms with van der Waals surface area (Å²) < 4.78 is 5.32. The molecule has 114 valence electrons. The van der Waals surface area contributed by atoms with E-state index >= 15 is 0 Å². The molecule has 1 heterocycles. The molecule has 1 saturated heterocycles. The third-order valence-corrected chi connectivity index (χ3v) is 5.03. The van der Waals surface area contributed by atoms with Crippen molar-refractivity contribution >= 4 is 23.1 Å². The van der Waals surface area contributed by atoms with Crippen molar-refractivity contribution < 1.29 is 14.6 Å². The van der Waals surface area contributed by atoms with Gasteiger partial charge in [0, 0.05) is 26.8 Å². The Labute approximate surface area is 125 Å². The molecule has 2 aliphatic rings. The highest BCUT2D eigenvalue weighted by Crippen LogP contribution is 2.35. The predicted octanol–water partition coefficient (Wildman–Crippen LogP) is 0.833. The van der Waals surface area contributed by atoms with Gasteiger partial charge in [0.25, 0.3) is 0 Å². The summed E-state index contributed by atoms with van der Waals surface area (Å²) in [6, 6.07) is 0. The van der Waals surface area contributed by atoms with Gasteiger partial charge in [-0.1, -0.05) is 25.1 Å². The highest BCUT2D eigenvalue weighted by Gasteiger charge is 2.46. The molecule has 1 aliphatic heterocycles. The van der Waals surface area contributed by atoms with Gasteiger partial charge in [-0.15, -0.1) is 0 Å². The molecule has 1 amide bonds. The summed E-state index contributed by atoms with van der Waals surface area (Å²) in [5, 5.41) is 10.4. The van der Waals surface area contributed by atoms with Crippen LogP contribution in [0.1, 0.15) is 38.5 Å². The molecule has 20 heavy (non-hydrogen) atoms. The molecule has 0 aromatic rings. The first-order valence-electron chi connectivity index (χ1n) is 7.25. The van der Waals surface area contributed by atoms with E-state index in [9.17, 15) is 9.90 Å². The first-order valence-corrected chi connectivity index (χ1v) is 7.66. The lowest BCUT2D eigenvalue weighted by Gasteiger charge is -2.39. The number of aliphatic hydroxyl groups is 1. The molecule has 0 aromatic heterocycles. The van der Waals surface area contributed by atoms with Crippen molar-refractivity contribution in [3.63, 3.8) is 0 Å². The van der Waals surface area contributed by atoms with Crippen LogP contribution >= 0.6 is 12.2 Å². The summed E-state index contributed by atoms with van der Waals surface area (Å²) in [5.74, 6) is -0.0753. The number of carbonyl (C=O) groups is 1. The molecule has 1 aliphatic carbocycles. The zero-order chi connectivity index (χ0) is 14.8. The van der Waals surface area contributed by atoms with Gasteiger partial charge in [-0.2, -0.15) is 0 Å². The summed E-state index contributed by atoms with van der Waals surface area (Å²) in [4.78, 5) is 14.6. The summed E-state index contributed by atoms with van der Waals surface area (Å²) in [6.07, 6.45) is 4.62. The maximum atomic E-state index is 12.8. The van der Waals surface area contributed by atoms with Crippen LogP contribution in [-0.4, -0.2) is 53.3 Å². The Hall–Kier alpha value is -0.720. The Bertz CT molecular complexity index is 388. The van der Waals surface area contributed by atoms with Crippen molar-refractivity contribution in [2.45, 2.75) is 44.1 Å². The maximum absolute atomic E-state index is 12.8. The lowest BCUT2D eigenvalue weighted by molar-refractivity contribution is -0.144. The fraction of sp³-hybridized carbons (Fsp3) is 0.857. The van der Waals surface area contributed by atoms with Gasteiger partial charge in [0.1, 0.15) is 5.41 Å². The molecule has 0 bridgehead atoms. The van der Waals surface area contributed by atoms with E-state index in [0.29, 0.717) is 32.6 Å². The van der Waals surface area contributed by atoms with Crippen molar-refractivity contribution in [3.05, 3.63) is 0 Å². The van der Waals surface area contributed by atoms with E-state index in [0.717, 1.165) is 25.7 Å². The van der Waals surface area contributed by atoms with Crippen molar-refractivity contribution in [3.8, 4) is 0 Å². The fourth-order valence-corrected chi connectivity index (χ4v) is 3.65. The molecule has 2 rings (SSSR count). The lowest BCUT2D eigenvalue weighted by atomic mass is 9.78. The molecule has 6 heteroatoms. The normalized spacial score (nSPS) is 24.3. The van der Waals surface area contributed by atoms with Gasteiger partial charge < -0.3 is 20.5 Å². The number of nitrogens with two attached hydrogens (primary N) is 1. The van der Waals surface area contributed by atoms with Crippen LogP contribution in [0.4, 0.5) is 0 Å². The SMILES string of the molecule is CN(CC1(O)CCCC1)C(=O)C1(C(N)=S)CCOCC1. The monoisotopic (exact) mass is 300 g/mol. The third-order valence-electron chi connectivity index (χ3n) is 4.64. The van der Waals surface area contributed by atoms with Crippen LogP contribution in [0.2, 0.25) is 0 Å². The maximum Gasteiger partial charge on any atom is 0.235 e. The molecule has 2 fully saturated rings. The molecule has 0 aromatic carbocycles. The Kier molecular flexibility index (Phi) is 4.66. The number of ether oxygens (including phenoxy) is 1. The van der Waals surface area contributed by atoms with E-state index in [2.05, 4.69) is 0 Å². The number of hydrogen-bond donors (Lipinski definition) is 2. The van der Waals surface area contributed by atoms with Crippen LogP contribution in [0.15, 0.2) is 0 Å². The highest BCUT2D eigenvalue weighted by molar-refractivity contribution is 7.80. The first-order chi connectivity index (χ1) is 9.40. The van der Waals surface area contributed by atoms with Crippen molar-refractivity contribution in [2.24, 2.45) is 11.1 Å². The van der Waals surface area contributed by atoms with Crippen molar-refractivity contribution in [2.75, 3.05) is 26.8 Å². The largest absolute Gasteiger partial charge is 0.392 e. The Morgan fingerprint density at radius 3 is 2.35 bits per heavy atom. The number of thiocarbonyl (C=S) groups is 1. The van der Waals surface area contributed by atoms with E-state index in [-0.39, 0.29) is 10.9 Å². The number of rotatable bonds is 4. The molecule has 5 nitrogen and oxygen atoms in total. The molecule has 0 atom stereocenters. The fourth-order valence-electron chi connectivity index (χ4n) is 3.36. The summed E-state index contributed by atoms with van der Waals surface area (Å²) in [6.45, 7) is 1.36. The summed E-state index contributed by atoms with van der Waals surface area (Å²) in [5.41, 5.74) is 4.31. The Balaban J connectivity index is 2.09. The molecular weight excluding hydrogens is 276 g/mol. The third kappa shape index (κ3) is 2.97. The van der Waals surface area contributed by atoms with Gasteiger partial charge in [-0.3, -0.25) is 4.79 Å². The lowest BCUT2D eigenvalue weighted by Crippen LogP contribution is -2.54. The van der Waals surface area contributed by atoms with E-state index in [1.165, 1.54) is 0 Å². The minimum absolute atomic E-state index is 0.0753. The minimum atomic E-state index is -0.794. The van der Waals surface area contributed by atoms with Gasteiger partial charge in [0.15, 0.2) is 0 Å². The number of likely N-dealkylation sites (N-methyl/N-ethyl adjacent to an activating group) is 1. The first kappa shape index (κ1) is 15.7. The smallest absolute Gasteiger partial charge is 0.235 e. The zero-order valence-electron chi connectivity index (χ0n) is 12.1. The zero-order valence-corrected chi connectivity index (χ0v) is 12.9. The Morgan fingerprint density at radius 2 is 1.85 bits per heavy atom. The Morgan fingerprint density at radius 1 is 1.30 bits per heavy atom. The molecule has 1 saturated carbocycles. The molecule has 0 spiro atoms. The van der Waals surface area contributed by atoms with E-state index in [1.807, 2.05) is 0 Å². The van der Waals surface area contributed by atoms with Gasteiger partial charge in [-0.25, -0.2) is 0 Å². The van der Waals surface area contributed by atoms with Crippen LogP contribution in [0.25, 0.3) is 0 Å². The average Bonchev–Trinajstić information content (AvgIpc) is 2.84. The summed E-state index contributed by atoms with van der Waals surface area (Å²) >= 11 is 5.15.